The summed E-state index contributed by atoms with van der Waals surface area (Å²) in [6, 6.07) is 3.72. The van der Waals surface area contributed by atoms with Crippen molar-refractivity contribution in [2.75, 3.05) is 20.3 Å². The summed E-state index contributed by atoms with van der Waals surface area (Å²) in [4.78, 5) is 13.0. The van der Waals surface area contributed by atoms with Gasteiger partial charge < -0.3 is 10.1 Å². The molecule has 6 heteroatoms. The minimum Gasteiger partial charge on any atom is -0.385 e. The Morgan fingerprint density at radius 3 is 2.79 bits per heavy atom. The Morgan fingerprint density at radius 1 is 1.47 bits per heavy atom. The van der Waals surface area contributed by atoms with E-state index in [1.165, 1.54) is 11.3 Å². The number of thiophene rings is 1. The number of rotatable bonds is 8. The lowest BCUT2D eigenvalue weighted by Gasteiger charge is -2.18. The van der Waals surface area contributed by atoms with Crippen LogP contribution in [0, 0.1) is 0 Å². The van der Waals surface area contributed by atoms with Crippen molar-refractivity contribution in [3.63, 3.8) is 0 Å². The molecule has 2 atom stereocenters. The normalized spacial score (nSPS) is 14.1. The number of halogens is 1. The zero-order chi connectivity index (χ0) is 14.3. The summed E-state index contributed by atoms with van der Waals surface area (Å²) < 4.78 is 5.69. The van der Waals surface area contributed by atoms with E-state index in [1.807, 2.05) is 26.0 Å². The molecule has 1 aromatic heterocycles. The van der Waals surface area contributed by atoms with Crippen LogP contribution in [0.5, 0.6) is 0 Å². The van der Waals surface area contributed by atoms with Gasteiger partial charge in [-0.1, -0.05) is 11.6 Å². The second-order valence-corrected chi connectivity index (χ2v) is 6.14. The zero-order valence-electron chi connectivity index (χ0n) is 11.5. The predicted molar refractivity (Wildman–Crippen MR) is 79.8 cm³/mol. The molecule has 4 nitrogen and oxygen atoms in total. The lowest BCUT2D eigenvalue weighted by molar-refractivity contribution is -0.122. The average molecular weight is 305 g/mol. The highest BCUT2D eigenvalue weighted by Gasteiger charge is 2.16. The van der Waals surface area contributed by atoms with Gasteiger partial charge in [-0.15, -0.1) is 11.3 Å². The van der Waals surface area contributed by atoms with E-state index in [0.717, 1.165) is 15.6 Å². The molecule has 1 aromatic rings. The summed E-state index contributed by atoms with van der Waals surface area (Å²) in [5.41, 5.74) is 0. The van der Waals surface area contributed by atoms with Crippen LogP contribution in [-0.4, -0.2) is 32.2 Å². The van der Waals surface area contributed by atoms with Crippen LogP contribution in [0.2, 0.25) is 4.34 Å². The molecular weight excluding hydrogens is 284 g/mol. The summed E-state index contributed by atoms with van der Waals surface area (Å²) in [7, 11) is 1.65. The highest BCUT2D eigenvalue weighted by atomic mass is 35.5. The minimum atomic E-state index is -0.238. The number of nitrogens with one attached hydrogen (secondary N) is 2. The Hall–Kier alpha value is -0.620. The third-order valence-corrected chi connectivity index (χ3v) is 4.15. The second kappa shape index (κ2) is 8.53. The maximum absolute atomic E-state index is 11.8. The van der Waals surface area contributed by atoms with Crippen LogP contribution in [0.1, 0.15) is 31.2 Å². The summed E-state index contributed by atoms with van der Waals surface area (Å²) in [5.74, 6) is 0.00519. The predicted octanol–water partition coefficient (Wildman–Crippen LogP) is 2.59. The molecule has 1 rings (SSSR count). The van der Waals surface area contributed by atoms with Crippen LogP contribution in [-0.2, 0) is 9.53 Å². The Balaban J connectivity index is 2.33. The van der Waals surface area contributed by atoms with E-state index in [-0.39, 0.29) is 18.0 Å². The molecule has 0 bridgehead atoms. The molecule has 19 heavy (non-hydrogen) atoms. The number of methoxy groups -OCH3 is 1. The Morgan fingerprint density at radius 2 is 2.21 bits per heavy atom. The Labute approximate surface area is 123 Å². The first kappa shape index (κ1) is 16.4. The van der Waals surface area contributed by atoms with Crippen molar-refractivity contribution in [3.8, 4) is 0 Å². The minimum absolute atomic E-state index is 0.00519. The maximum atomic E-state index is 11.8. The first-order valence-corrected chi connectivity index (χ1v) is 7.52. The molecule has 0 fully saturated rings. The second-order valence-electron chi connectivity index (χ2n) is 4.39. The van der Waals surface area contributed by atoms with Crippen molar-refractivity contribution in [1.29, 1.82) is 0 Å². The topological polar surface area (TPSA) is 50.4 Å². The van der Waals surface area contributed by atoms with Gasteiger partial charge in [0.25, 0.3) is 0 Å². The van der Waals surface area contributed by atoms with E-state index in [4.69, 9.17) is 16.3 Å². The molecule has 0 saturated carbocycles. The number of hydrogen-bond donors (Lipinski definition) is 2. The fraction of sp³-hybridized carbons (Fsp3) is 0.615. The van der Waals surface area contributed by atoms with Gasteiger partial charge in [0.05, 0.1) is 10.4 Å². The standard InChI is InChI=1S/C13H21ClN2O2S/c1-9(11-5-6-12(14)19-11)16-10(2)13(17)15-7-4-8-18-3/h5-6,9-10,16H,4,7-8H2,1-3H3,(H,15,17). The molecule has 2 unspecified atom stereocenters. The van der Waals surface area contributed by atoms with Gasteiger partial charge in [-0.25, -0.2) is 0 Å². The van der Waals surface area contributed by atoms with Crippen LogP contribution < -0.4 is 10.6 Å². The summed E-state index contributed by atoms with van der Waals surface area (Å²) in [6.45, 7) is 5.18. The van der Waals surface area contributed by atoms with Gasteiger partial charge in [0.15, 0.2) is 0 Å². The monoisotopic (exact) mass is 304 g/mol. The molecule has 0 aliphatic rings. The zero-order valence-corrected chi connectivity index (χ0v) is 13.1. The summed E-state index contributed by atoms with van der Waals surface area (Å²) >= 11 is 7.43. The van der Waals surface area contributed by atoms with E-state index in [9.17, 15) is 4.79 Å². The highest BCUT2D eigenvalue weighted by Crippen LogP contribution is 2.26. The van der Waals surface area contributed by atoms with E-state index in [1.54, 1.807) is 7.11 Å². The number of carbonyl (C=O) groups is 1. The molecule has 0 aromatic carbocycles. The van der Waals surface area contributed by atoms with Crippen LogP contribution in [0.4, 0.5) is 0 Å². The summed E-state index contributed by atoms with van der Waals surface area (Å²) in [5, 5.41) is 6.13. The van der Waals surface area contributed by atoms with Gasteiger partial charge in [-0.3, -0.25) is 10.1 Å². The van der Waals surface area contributed by atoms with Crippen molar-refractivity contribution in [1.82, 2.24) is 10.6 Å². The largest absolute Gasteiger partial charge is 0.385 e. The van der Waals surface area contributed by atoms with Gasteiger partial charge in [0.1, 0.15) is 0 Å². The fourth-order valence-electron chi connectivity index (χ4n) is 1.68. The summed E-state index contributed by atoms with van der Waals surface area (Å²) in [6.07, 6.45) is 0.824. The van der Waals surface area contributed by atoms with E-state index in [2.05, 4.69) is 10.6 Å². The molecule has 0 radical (unpaired) electrons. The molecule has 0 spiro atoms. The number of amides is 1. The molecule has 0 saturated heterocycles. The SMILES string of the molecule is COCCCNC(=O)C(C)NC(C)c1ccc(Cl)s1. The quantitative estimate of drug-likeness (QED) is 0.726. The number of ether oxygens (including phenoxy) is 1. The first-order valence-electron chi connectivity index (χ1n) is 6.32. The van der Waals surface area contributed by atoms with Gasteiger partial charge >= 0.3 is 0 Å². The molecule has 1 amide bonds. The molecule has 108 valence electrons. The molecule has 0 aliphatic carbocycles. The lowest BCUT2D eigenvalue weighted by atomic mass is 10.2. The lowest BCUT2D eigenvalue weighted by Crippen LogP contribution is -2.43. The van der Waals surface area contributed by atoms with Crippen LogP contribution in [0.25, 0.3) is 0 Å². The van der Waals surface area contributed by atoms with Gasteiger partial charge in [0, 0.05) is 31.2 Å². The van der Waals surface area contributed by atoms with Crippen molar-refractivity contribution in [3.05, 3.63) is 21.3 Å². The van der Waals surface area contributed by atoms with Crippen LogP contribution in [0.15, 0.2) is 12.1 Å². The molecule has 2 N–H and O–H groups in total. The van der Waals surface area contributed by atoms with Crippen molar-refractivity contribution < 1.29 is 9.53 Å². The number of hydrogen-bond acceptors (Lipinski definition) is 4. The molecular formula is C13H21ClN2O2S. The third kappa shape index (κ3) is 5.91. The number of carbonyl (C=O) groups excluding carboxylic acids is 1. The van der Waals surface area contributed by atoms with Crippen LogP contribution in [0.3, 0.4) is 0 Å². The van der Waals surface area contributed by atoms with Gasteiger partial charge in [-0.2, -0.15) is 0 Å². The smallest absolute Gasteiger partial charge is 0.236 e. The average Bonchev–Trinajstić information content (AvgIpc) is 2.81. The highest BCUT2D eigenvalue weighted by molar-refractivity contribution is 7.16. The van der Waals surface area contributed by atoms with E-state index in [0.29, 0.717) is 13.2 Å². The molecule has 1 heterocycles. The van der Waals surface area contributed by atoms with Crippen molar-refractivity contribution in [2.45, 2.75) is 32.4 Å². The van der Waals surface area contributed by atoms with E-state index >= 15 is 0 Å². The molecule has 0 aliphatic heterocycles. The Kier molecular flexibility index (Phi) is 7.38. The van der Waals surface area contributed by atoms with Crippen molar-refractivity contribution >= 4 is 28.8 Å². The van der Waals surface area contributed by atoms with Gasteiger partial charge in [0.2, 0.25) is 5.91 Å². The van der Waals surface area contributed by atoms with E-state index < -0.39 is 0 Å². The Bertz CT molecular complexity index is 398. The third-order valence-electron chi connectivity index (χ3n) is 2.74. The fourth-order valence-corrected chi connectivity index (χ4v) is 2.75. The van der Waals surface area contributed by atoms with Crippen LogP contribution >= 0.6 is 22.9 Å². The maximum Gasteiger partial charge on any atom is 0.236 e. The van der Waals surface area contributed by atoms with Crippen molar-refractivity contribution in [2.24, 2.45) is 0 Å². The van der Waals surface area contributed by atoms with Gasteiger partial charge in [-0.05, 0) is 32.4 Å². The first-order chi connectivity index (χ1) is 9.04.